The highest BCUT2D eigenvalue weighted by Gasteiger charge is 2.27. The Kier molecular flexibility index (Phi) is 5.74. The normalized spacial score (nSPS) is 25.7. The smallest absolute Gasteiger partial charge is 0.279 e. The molecule has 2 N–H and O–H groups in total. The van der Waals surface area contributed by atoms with Crippen molar-refractivity contribution < 1.29 is 14.4 Å². The van der Waals surface area contributed by atoms with E-state index in [1.54, 1.807) is 6.07 Å². The largest absolute Gasteiger partial charge is 0.364 e. The van der Waals surface area contributed by atoms with E-state index in [9.17, 15) is 4.79 Å². The summed E-state index contributed by atoms with van der Waals surface area (Å²) in [6.45, 7) is 6.03. The number of hydrogen-bond donors (Lipinski definition) is 2. The molecule has 0 saturated carbocycles. The lowest BCUT2D eigenvalue weighted by Gasteiger charge is -2.31. The predicted molar refractivity (Wildman–Crippen MR) is 85.7 cm³/mol. The molecule has 1 amide bonds. The minimum absolute atomic E-state index is 0.105. The molecule has 1 heterocycles. The van der Waals surface area contributed by atoms with Gasteiger partial charge in [-0.05, 0) is 26.0 Å². The molecule has 0 radical (unpaired) electrons. The highest BCUT2D eigenvalue weighted by Crippen LogP contribution is 2.32. The molecule has 0 bridgehead atoms. The number of ether oxygens (including phenoxy) is 1. The zero-order valence-electron chi connectivity index (χ0n) is 11.9. The second-order valence-electron chi connectivity index (χ2n) is 5.39. The Hall–Kier alpha value is -0.520. The van der Waals surface area contributed by atoms with Crippen LogP contribution in [0.5, 0.6) is 0 Å². The fraction of sp³-hybridized carbons (Fsp3) is 0.500. The monoisotopic (exact) mass is 351 g/mol. The van der Waals surface area contributed by atoms with Crippen molar-refractivity contribution in [3.05, 3.63) is 27.2 Å². The standard InChI is InChI=1S/C14H17Cl3N2O2/c1-8-5-19(6-9(2)21-8)7-14(20)18-13-4-11(16)10(15)3-12(13)17/h3-4,8-9H,5-7H2,1-2H3,(H,18,20)/p+1/t8-,9+. The van der Waals surface area contributed by atoms with Crippen LogP contribution in [0.1, 0.15) is 13.8 Å². The fourth-order valence-electron chi connectivity index (χ4n) is 2.57. The maximum absolute atomic E-state index is 12.1. The van der Waals surface area contributed by atoms with Gasteiger partial charge in [0.05, 0.1) is 20.8 Å². The summed E-state index contributed by atoms with van der Waals surface area (Å²) in [6, 6.07) is 3.08. The predicted octanol–water partition coefficient (Wildman–Crippen LogP) is 2.28. The number of hydrogen-bond acceptors (Lipinski definition) is 2. The highest BCUT2D eigenvalue weighted by atomic mass is 35.5. The summed E-state index contributed by atoms with van der Waals surface area (Å²) >= 11 is 17.8. The SMILES string of the molecule is C[C@@H]1C[NH+](CC(=O)Nc2cc(Cl)c(Cl)cc2Cl)C[C@H](C)O1. The van der Waals surface area contributed by atoms with Crippen LogP contribution in [0.15, 0.2) is 12.1 Å². The number of rotatable bonds is 3. The molecule has 2 rings (SSSR count). The van der Waals surface area contributed by atoms with Crippen LogP contribution in [0.25, 0.3) is 0 Å². The number of halogens is 3. The van der Waals surface area contributed by atoms with Crippen molar-refractivity contribution in [3.63, 3.8) is 0 Å². The van der Waals surface area contributed by atoms with Crippen molar-refractivity contribution in [2.45, 2.75) is 26.1 Å². The van der Waals surface area contributed by atoms with E-state index in [1.165, 1.54) is 11.0 Å². The van der Waals surface area contributed by atoms with Gasteiger partial charge in [0.2, 0.25) is 0 Å². The molecule has 3 atom stereocenters. The van der Waals surface area contributed by atoms with E-state index in [1.807, 2.05) is 13.8 Å². The zero-order valence-corrected chi connectivity index (χ0v) is 14.1. The number of anilines is 1. The Labute approximate surface area is 139 Å². The molecule has 4 nitrogen and oxygen atoms in total. The van der Waals surface area contributed by atoms with Crippen molar-refractivity contribution in [2.75, 3.05) is 25.0 Å². The minimum atomic E-state index is -0.105. The van der Waals surface area contributed by atoms with Gasteiger partial charge in [0.15, 0.2) is 6.54 Å². The van der Waals surface area contributed by atoms with Gasteiger partial charge < -0.3 is 15.0 Å². The van der Waals surface area contributed by atoms with E-state index in [-0.39, 0.29) is 18.1 Å². The topological polar surface area (TPSA) is 42.8 Å². The van der Waals surface area contributed by atoms with Crippen LogP contribution in [-0.4, -0.2) is 37.7 Å². The summed E-state index contributed by atoms with van der Waals surface area (Å²) in [7, 11) is 0. The van der Waals surface area contributed by atoms with Gasteiger partial charge in [0.1, 0.15) is 25.3 Å². The Bertz CT molecular complexity index is 529. The van der Waals surface area contributed by atoms with E-state index >= 15 is 0 Å². The first-order valence-electron chi connectivity index (χ1n) is 6.78. The zero-order chi connectivity index (χ0) is 15.6. The third kappa shape index (κ3) is 4.73. The van der Waals surface area contributed by atoms with E-state index in [0.717, 1.165) is 13.1 Å². The molecule has 0 aliphatic carbocycles. The molecule has 1 aromatic carbocycles. The number of morpholine rings is 1. The Balaban J connectivity index is 1.97. The van der Waals surface area contributed by atoms with Gasteiger partial charge in [-0.1, -0.05) is 34.8 Å². The van der Waals surface area contributed by atoms with Crippen LogP contribution in [-0.2, 0) is 9.53 Å². The molecular formula is C14H18Cl3N2O2+. The van der Waals surface area contributed by atoms with Crippen molar-refractivity contribution in [1.29, 1.82) is 0 Å². The van der Waals surface area contributed by atoms with Crippen LogP contribution in [0.2, 0.25) is 15.1 Å². The van der Waals surface area contributed by atoms with Crippen LogP contribution in [0.3, 0.4) is 0 Å². The molecule has 0 spiro atoms. The molecule has 21 heavy (non-hydrogen) atoms. The molecule has 1 fully saturated rings. The number of benzene rings is 1. The van der Waals surface area contributed by atoms with Crippen molar-refractivity contribution in [3.8, 4) is 0 Å². The first kappa shape index (κ1) is 16.8. The molecule has 1 saturated heterocycles. The van der Waals surface area contributed by atoms with Crippen LogP contribution in [0.4, 0.5) is 5.69 Å². The molecule has 116 valence electrons. The van der Waals surface area contributed by atoms with E-state index in [0.29, 0.717) is 27.3 Å². The van der Waals surface area contributed by atoms with Gasteiger partial charge in [-0.2, -0.15) is 0 Å². The molecular weight excluding hydrogens is 335 g/mol. The number of nitrogens with one attached hydrogen (secondary N) is 2. The maximum atomic E-state index is 12.1. The molecule has 1 aromatic rings. The average Bonchev–Trinajstić information content (AvgIpc) is 2.34. The summed E-state index contributed by atoms with van der Waals surface area (Å²) in [5.74, 6) is -0.105. The summed E-state index contributed by atoms with van der Waals surface area (Å²) in [5, 5.41) is 3.87. The quantitative estimate of drug-likeness (QED) is 0.820. The highest BCUT2D eigenvalue weighted by molar-refractivity contribution is 6.44. The number of carbonyl (C=O) groups is 1. The Morgan fingerprint density at radius 3 is 2.38 bits per heavy atom. The molecule has 1 unspecified atom stereocenters. The average molecular weight is 353 g/mol. The Morgan fingerprint density at radius 1 is 1.19 bits per heavy atom. The third-order valence-electron chi connectivity index (χ3n) is 3.31. The number of carbonyl (C=O) groups excluding carboxylic acids is 1. The lowest BCUT2D eigenvalue weighted by Crippen LogP contribution is -3.16. The third-order valence-corrected chi connectivity index (χ3v) is 4.35. The summed E-state index contributed by atoms with van der Waals surface area (Å²) in [5.41, 5.74) is 0.477. The Morgan fingerprint density at radius 2 is 1.76 bits per heavy atom. The van der Waals surface area contributed by atoms with Gasteiger partial charge in [0.25, 0.3) is 5.91 Å². The van der Waals surface area contributed by atoms with Crippen LogP contribution >= 0.6 is 34.8 Å². The van der Waals surface area contributed by atoms with Gasteiger partial charge in [-0.15, -0.1) is 0 Å². The second kappa shape index (κ2) is 7.16. The van der Waals surface area contributed by atoms with Gasteiger partial charge >= 0.3 is 0 Å². The first-order chi connectivity index (χ1) is 9.85. The fourth-order valence-corrected chi connectivity index (χ4v) is 3.17. The number of quaternary nitrogens is 1. The van der Waals surface area contributed by atoms with E-state index in [4.69, 9.17) is 39.5 Å². The van der Waals surface area contributed by atoms with Gasteiger partial charge in [0, 0.05) is 0 Å². The number of amides is 1. The summed E-state index contributed by atoms with van der Waals surface area (Å²) < 4.78 is 5.66. The lowest BCUT2D eigenvalue weighted by atomic mass is 10.2. The molecule has 1 aliphatic heterocycles. The van der Waals surface area contributed by atoms with Crippen molar-refractivity contribution >= 4 is 46.4 Å². The molecule has 1 aliphatic rings. The van der Waals surface area contributed by atoms with E-state index < -0.39 is 0 Å². The summed E-state index contributed by atoms with van der Waals surface area (Å²) in [4.78, 5) is 13.3. The van der Waals surface area contributed by atoms with E-state index in [2.05, 4.69) is 5.32 Å². The van der Waals surface area contributed by atoms with Gasteiger partial charge in [-0.25, -0.2) is 0 Å². The minimum Gasteiger partial charge on any atom is -0.364 e. The molecule has 0 aromatic heterocycles. The lowest BCUT2D eigenvalue weighted by molar-refractivity contribution is -0.907. The summed E-state index contributed by atoms with van der Waals surface area (Å²) in [6.07, 6.45) is 0.315. The van der Waals surface area contributed by atoms with Gasteiger partial charge in [-0.3, -0.25) is 4.79 Å². The van der Waals surface area contributed by atoms with Crippen molar-refractivity contribution in [1.82, 2.24) is 0 Å². The van der Waals surface area contributed by atoms with Crippen LogP contribution < -0.4 is 10.2 Å². The van der Waals surface area contributed by atoms with Crippen molar-refractivity contribution in [2.24, 2.45) is 0 Å². The van der Waals surface area contributed by atoms with Crippen LogP contribution in [0, 0.1) is 0 Å². The molecule has 7 heteroatoms. The maximum Gasteiger partial charge on any atom is 0.279 e. The first-order valence-corrected chi connectivity index (χ1v) is 7.92. The second-order valence-corrected chi connectivity index (χ2v) is 6.61.